The number of ether oxygens (including phenoxy) is 1. The van der Waals surface area contributed by atoms with Crippen LogP contribution < -0.4 is 5.32 Å². The Morgan fingerprint density at radius 2 is 2.24 bits per heavy atom. The normalized spacial score (nSPS) is 19.8. The molecule has 0 saturated carbocycles. The number of methoxy groups -OCH3 is 1. The van der Waals surface area contributed by atoms with Gasteiger partial charge in [-0.3, -0.25) is 0 Å². The number of pyridine rings is 1. The van der Waals surface area contributed by atoms with E-state index in [2.05, 4.69) is 10.3 Å². The molecule has 1 aliphatic heterocycles. The fourth-order valence-electron chi connectivity index (χ4n) is 2.68. The van der Waals surface area contributed by atoms with Crippen LogP contribution in [0.4, 0.5) is 10.2 Å². The lowest BCUT2D eigenvalue weighted by atomic mass is 9.89. The van der Waals surface area contributed by atoms with E-state index in [1.54, 1.807) is 12.1 Å². The van der Waals surface area contributed by atoms with Crippen LogP contribution >= 0.6 is 0 Å². The Morgan fingerprint density at radius 1 is 1.43 bits per heavy atom. The van der Waals surface area contributed by atoms with Gasteiger partial charge in [-0.05, 0) is 36.2 Å². The molecule has 0 unspecified atom stereocenters. The van der Waals surface area contributed by atoms with Gasteiger partial charge in [0.25, 0.3) is 0 Å². The predicted molar refractivity (Wildman–Crippen MR) is 76.7 cm³/mol. The van der Waals surface area contributed by atoms with Gasteiger partial charge in [-0.25, -0.2) is 14.2 Å². The number of hydrogen-bond donors (Lipinski definition) is 1. The zero-order chi connectivity index (χ0) is 15.0. The quantitative estimate of drug-likeness (QED) is 0.862. The van der Waals surface area contributed by atoms with Crippen molar-refractivity contribution in [3.8, 4) is 0 Å². The van der Waals surface area contributed by atoms with Crippen molar-refractivity contribution in [2.75, 3.05) is 12.4 Å². The molecule has 0 radical (unpaired) electrons. The highest BCUT2D eigenvalue weighted by Gasteiger charge is 2.35. The first-order chi connectivity index (χ1) is 10.0. The van der Waals surface area contributed by atoms with Crippen LogP contribution in [0, 0.1) is 5.82 Å². The fourth-order valence-corrected chi connectivity index (χ4v) is 2.68. The Kier molecular flexibility index (Phi) is 3.12. The minimum Gasteiger partial charge on any atom is -0.465 e. The van der Waals surface area contributed by atoms with Crippen LogP contribution in [0.25, 0.3) is 0 Å². The van der Waals surface area contributed by atoms with Crippen molar-refractivity contribution in [3.63, 3.8) is 0 Å². The number of carbonyl (C=O) groups excluding carboxylic acids is 1. The molecule has 5 heteroatoms. The van der Waals surface area contributed by atoms with Crippen LogP contribution in [-0.4, -0.2) is 18.1 Å². The Labute approximate surface area is 122 Å². The molecule has 21 heavy (non-hydrogen) atoms. The highest BCUT2D eigenvalue weighted by Crippen LogP contribution is 2.38. The zero-order valence-corrected chi connectivity index (χ0v) is 11.8. The summed E-state index contributed by atoms with van der Waals surface area (Å²) in [4.78, 5) is 15.8. The lowest BCUT2D eigenvalue weighted by Crippen LogP contribution is -2.29. The van der Waals surface area contributed by atoms with Gasteiger partial charge in [-0.2, -0.15) is 0 Å². The summed E-state index contributed by atoms with van der Waals surface area (Å²) in [5.41, 5.74) is 1.75. The minimum atomic E-state index is -0.438. The van der Waals surface area contributed by atoms with E-state index >= 15 is 0 Å². The highest BCUT2D eigenvalue weighted by molar-refractivity contribution is 5.89. The Morgan fingerprint density at radius 3 is 2.95 bits per heavy atom. The van der Waals surface area contributed by atoms with E-state index in [0.717, 1.165) is 16.9 Å². The smallest absolute Gasteiger partial charge is 0.339 e. The summed E-state index contributed by atoms with van der Waals surface area (Å²) in [7, 11) is 1.34. The van der Waals surface area contributed by atoms with Crippen LogP contribution in [0.3, 0.4) is 0 Å². The second-order valence-corrected chi connectivity index (χ2v) is 5.37. The van der Waals surface area contributed by atoms with E-state index in [1.165, 1.54) is 25.4 Å². The standard InChI is InChI=1S/C16H15FN2O2/c1-16(12-4-3-5-13(17)7-12)8-10-6-11(15(20)21-2)9-18-14(10)19-16/h3-7,9H,8H2,1-2H3,(H,18,19)/t16-/m1/s1. The number of fused-ring (bicyclic) bond motifs is 1. The molecule has 0 fully saturated rings. The van der Waals surface area contributed by atoms with E-state index in [9.17, 15) is 9.18 Å². The maximum Gasteiger partial charge on any atom is 0.339 e. The number of anilines is 1. The Balaban J connectivity index is 1.95. The van der Waals surface area contributed by atoms with Crippen molar-refractivity contribution in [2.24, 2.45) is 0 Å². The van der Waals surface area contributed by atoms with Gasteiger partial charge in [0.1, 0.15) is 11.6 Å². The van der Waals surface area contributed by atoms with Gasteiger partial charge in [-0.15, -0.1) is 0 Å². The number of carbonyl (C=O) groups is 1. The third kappa shape index (κ3) is 2.35. The Hall–Kier alpha value is -2.43. The van der Waals surface area contributed by atoms with E-state index in [1.807, 2.05) is 13.0 Å². The predicted octanol–water partition coefficient (Wildman–Crippen LogP) is 2.89. The first kappa shape index (κ1) is 13.5. The van der Waals surface area contributed by atoms with Gasteiger partial charge in [0.2, 0.25) is 0 Å². The van der Waals surface area contributed by atoms with E-state index < -0.39 is 11.5 Å². The van der Waals surface area contributed by atoms with Crippen molar-refractivity contribution in [1.29, 1.82) is 0 Å². The van der Waals surface area contributed by atoms with Crippen LogP contribution in [0.5, 0.6) is 0 Å². The summed E-state index contributed by atoms with van der Waals surface area (Å²) < 4.78 is 18.1. The third-order valence-corrected chi connectivity index (χ3v) is 3.79. The second kappa shape index (κ2) is 4.84. The number of nitrogens with one attached hydrogen (secondary N) is 1. The molecule has 1 atom stereocenters. The maximum absolute atomic E-state index is 13.4. The summed E-state index contributed by atoms with van der Waals surface area (Å²) in [5, 5.41) is 3.31. The molecule has 1 aliphatic rings. The van der Waals surface area contributed by atoms with Crippen molar-refractivity contribution < 1.29 is 13.9 Å². The molecular weight excluding hydrogens is 271 g/mol. The zero-order valence-electron chi connectivity index (χ0n) is 11.8. The molecule has 108 valence electrons. The average Bonchev–Trinajstić information content (AvgIpc) is 2.83. The maximum atomic E-state index is 13.4. The molecule has 2 heterocycles. The number of hydrogen-bond acceptors (Lipinski definition) is 4. The molecule has 0 saturated heterocycles. The molecule has 1 N–H and O–H groups in total. The molecule has 1 aromatic heterocycles. The summed E-state index contributed by atoms with van der Waals surface area (Å²) in [6.45, 7) is 1.99. The number of aromatic nitrogens is 1. The molecule has 0 aliphatic carbocycles. The first-order valence-corrected chi connectivity index (χ1v) is 6.63. The topological polar surface area (TPSA) is 51.2 Å². The number of esters is 1. The SMILES string of the molecule is COC(=O)c1cnc2c(c1)C[C@](C)(c1cccc(F)c1)N2. The van der Waals surface area contributed by atoms with Crippen molar-refractivity contribution in [3.05, 3.63) is 59.0 Å². The van der Waals surface area contributed by atoms with Gasteiger partial charge < -0.3 is 10.1 Å². The van der Waals surface area contributed by atoms with E-state index in [4.69, 9.17) is 4.74 Å². The van der Waals surface area contributed by atoms with Gasteiger partial charge >= 0.3 is 5.97 Å². The number of nitrogens with zero attached hydrogens (tertiary/aromatic N) is 1. The molecule has 0 amide bonds. The highest BCUT2D eigenvalue weighted by atomic mass is 19.1. The Bertz CT molecular complexity index is 717. The van der Waals surface area contributed by atoms with Gasteiger partial charge in [0.15, 0.2) is 0 Å². The number of benzene rings is 1. The molecule has 1 aromatic carbocycles. The molecule has 4 nitrogen and oxygen atoms in total. The molecule has 2 aromatic rings. The van der Waals surface area contributed by atoms with Crippen molar-refractivity contribution in [2.45, 2.75) is 18.9 Å². The second-order valence-electron chi connectivity index (χ2n) is 5.37. The van der Waals surface area contributed by atoms with Gasteiger partial charge in [0, 0.05) is 12.6 Å². The van der Waals surface area contributed by atoms with Crippen LogP contribution in [-0.2, 0) is 16.7 Å². The van der Waals surface area contributed by atoms with Gasteiger partial charge in [0.05, 0.1) is 18.2 Å². The third-order valence-electron chi connectivity index (χ3n) is 3.79. The minimum absolute atomic E-state index is 0.269. The lowest BCUT2D eigenvalue weighted by molar-refractivity contribution is 0.0600. The largest absolute Gasteiger partial charge is 0.465 e. The molecule has 0 spiro atoms. The van der Waals surface area contributed by atoms with Crippen molar-refractivity contribution >= 4 is 11.8 Å². The molecule has 0 bridgehead atoms. The lowest BCUT2D eigenvalue weighted by Gasteiger charge is -2.25. The van der Waals surface area contributed by atoms with Gasteiger partial charge in [-0.1, -0.05) is 12.1 Å². The first-order valence-electron chi connectivity index (χ1n) is 6.63. The fraction of sp³-hybridized carbons (Fsp3) is 0.250. The molecular formula is C16H15FN2O2. The summed E-state index contributed by atoms with van der Waals surface area (Å²) in [6.07, 6.45) is 2.11. The van der Waals surface area contributed by atoms with Crippen LogP contribution in [0.1, 0.15) is 28.4 Å². The van der Waals surface area contributed by atoms with Crippen LogP contribution in [0.15, 0.2) is 36.5 Å². The van der Waals surface area contributed by atoms with Crippen molar-refractivity contribution in [1.82, 2.24) is 4.98 Å². The number of halogens is 1. The van der Waals surface area contributed by atoms with E-state index in [-0.39, 0.29) is 5.82 Å². The number of rotatable bonds is 2. The monoisotopic (exact) mass is 286 g/mol. The summed E-state index contributed by atoms with van der Waals surface area (Å²) in [6, 6.07) is 8.27. The van der Waals surface area contributed by atoms with E-state index in [0.29, 0.717) is 12.0 Å². The average molecular weight is 286 g/mol. The van der Waals surface area contributed by atoms with Crippen LogP contribution in [0.2, 0.25) is 0 Å². The summed E-state index contributed by atoms with van der Waals surface area (Å²) >= 11 is 0. The summed E-state index contributed by atoms with van der Waals surface area (Å²) in [5.74, 6) is 0.0359. The molecule has 3 rings (SSSR count).